The second-order valence-electron chi connectivity index (χ2n) is 4.84. The van der Waals surface area contributed by atoms with Gasteiger partial charge >= 0.3 is 12.0 Å². The fourth-order valence-electron chi connectivity index (χ4n) is 1.76. The van der Waals surface area contributed by atoms with Crippen LogP contribution in [0.25, 0.3) is 11.4 Å². The summed E-state index contributed by atoms with van der Waals surface area (Å²) in [6.45, 7) is 0.321. The number of benzene rings is 1. The maximum Gasteiger partial charge on any atom is 0.317 e. The van der Waals surface area contributed by atoms with Crippen molar-refractivity contribution in [2.24, 2.45) is 0 Å². The zero-order valence-corrected chi connectivity index (χ0v) is 14.0. The SMILES string of the molecule is CN(CCC(=O)O)C(=O)NCc1nc(-c2ccc(Br)cc2)n[nH]1. The molecule has 0 unspecified atom stereocenters. The number of urea groups is 1. The van der Waals surface area contributed by atoms with Gasteiger partial charge in [0.05, 0.1) is 13.0 Å². The molecule has 0 radical (unpaired) electrons. The number of hydrogen-bond acceptors (Lipinski definition) is 4. The summed E-state index contributed by atoms with van der Waals surface area (Å²) in [6, 6.07) is 7.19. The molecule has 23 heavy (non-hydrogen) atoms. The van der Waals surface area contributed by atoms with Crippen molar-refractivity contribution in [2.75, 3.05) is 13.6 Å². The molecule has 1 heterocycles. The molecule has 2 amide bonds. The van der Waals surface area contributed by atoms with Crippen molar-refractivity contribution in [2.45, 2.75) is 13.0 Å². The van der Waals surface area contributed by atoms with E-state index >= 15 is 0 Å². The van der Waals surface area contributed by atoms with Gasteiger partial charge in [-0.2, -0.15) is 5.10 Å². The molecule has 0 atom stereocenters. The number of nitrogens with zero attached hydrogens (tertiary/aromatic N) is 3. The number of aromatic amines is 1. The molecule has 0 spiro atoms. The van der Waals surface area contributed by atoms with Crippen LogP contribution in [0.4, 0.5) is 4.79 Å². The van der Waals surface area contributed by atoms with Gasteiger partial charge in [0.15, 0.2) is 5.82 Å². The molecule has 0 aliphatic rings. The van der Waals surface area contributed by atoms with Crippen molar-refractivity contribution in [1.82, 2.24) is 25.4 Å². The van der Waals surface area contributed by atoms with E-state index in [1.807, 2.05) is 24.3 Å². The van der Waals surface area contributed by atoms with Gasteiger partial charge in [0, 0.05) is 23.6 Å². The smallest absolute Gasteiger partial charge is 0.317 e. The first kappa shape index (κ1) is 16.9. The van der Waals surface area contributed by atoms with Crippen molar-refractivity contribution in [3.8, 4) is 11.4 Å². The number of rotatable bonds is 6. The highest BCUT2D eigenvalue weighted by atomic mass is 79.9. The Morgan fingerprint density at radius 2 is 2.04 bits per heavy atom. The molecule has 9 heteroatoms. The van der Waals surface area contributed by atoms with Gasteiger partial charge in [0.1, 0.15) is 5.82 Å². The topological polar surface area (TPSA) is 111 Å². The summed E-state index contributed by atoms with van der Waals surface area (Å²) < 4.78 is 0.966. The van der Waals surface area contributed by atoms with Crippen molar-refractivity contribution in [3.63, 3.8) is 0 Å². The molecule has 0 aliphatic carbocycles. The number of carboxylic acids is 1. The lowest BCUT2D eigenvalue weighted by molar-refractivity contribution is -0.137. The Kier molecular flexibility index (Phi) is 5.69. The van der Waals surface area contributed by atoms with Gasteiger partial charge in [-0.3, -0.25) is 9.89 Å². The zero-order valence-electron chi connectivity index (χ0n) is 12.4. The van der Waals surface area contributed by atoms with Crippen LogP contribution < -0.4 is 5.32 Å². The quantitative estimate of drug-likeness (QED) is 0.706. The van der Waals surface area contributed by atoms with Gasteiger partial charge in [0.2, 0.25) is 0 Å². The minimum absolute atomic E-state index is 0.0973. The molecule has 0 bridgehead atoms. The summed E-state index contributed by atoms with van der Waals surface area (Å²) in [4.78, 5) is 27.9. The van der Waals surface area contributed by atoms with Gasteiger partial charge < -0.3 is 15.3 Å². The lowest BCUT2D eigenvalue weighted by Crippen LogP contribution is -2.38. The number of halogens is 1. The minimum Gasteiger partial charge on any atom is -0.481 e. The van der Waals surface area contributed by atoms with E-state index < -0.39 is 5.97 Å². The average Bonchev–Trinajstić information content (AvgIpc) is 2.99. The van der Waals surface area contributed by atoms with E-state index in [0.29, 0.717) is 11.6 Å². The third kappa shape index (κ3) is 5.06. The predicted molar refractivity (Wildman–Crippen MR) is 86.6 cm³/mol. The predicted octanol–water partition coefficient (Wildman–Crippen LogP) is 1.85. The summed E-state index contributed by atoms with van der Waals surface area (Å²) in [5.41, 5.74) is 0.862. The van der Waals surface area contributed by atoms with Crippen LogP contribution in [-0.2, 0) is 11.3 Å². The van der Waals surface area contributed by atoms with Crippen molar-refractivity contribution < 1.29 is 14.7 Å². The molecule has 1 aromatic heterocycles. The highest BCUT2D eigenvalue weighted by Crippen LogP contribution is 2.18. The summed E-state index contributed by atoms with van der Waals surface area (Å²) in [5.74, 6) is 0.114. The van der Waals surface area contributed by atoms with E-state index in [9.17, 15) is 9.59 Å². The van der Waals surface area contributed by atoms with Gasteiger partial charge in [-0.15, -0.1) is 0 Å². The first-order chi connectivity index (χ1) is 11.0. The molecule has 0 saturated heterocycles. The Morgan fingerprint density at radius 1 is 1.35 bits per heavy atom. The number of hydrogen-bond donors (Lipinski definition) is 3. The standard InChI is InChI=1S/C14H16BrN5O3/c1-20(7-6-12(21)22)14(23)16-8-11-17-13(19-18-11)9-2-4-10(15)5-3-9/h2-5H,6-8H2,1H3,(H,16,23)(H,21,22)(H,17,18,19). The first-order valence-corrected chi connectivity index (χ1v) is 7.63. The molecule has 8 nitrogen and oxygen atoms in total. The Hall–Kier alpha value is -2.42. The van der Waals surface area contributed by atoms with E-state index in [1.165, 1.54) is 11.9 Å². The number of carboxylic acid groups (broad SMARTS) is 1. The van der Waals surface area contributed by atoms with Gasteiger partial charge in [-0.1, -0.05) is 28.1 Å². The number of aliphatic carboxylic acids is 1. The Balaban J connectivity index is 1.88. The van der Waals surface area contributed by atoms with E-state index in [-0.39, 0.29) is 25.5 Å². The van der Waals surface area contributed by atoms with Gasteiger partial charge in [-0.05, 0) is 12.1 Å². The molecule has 0 saturated carbocycles. The van der Waals surface area contributed by atoms with E-state index in [0.717, 1.165) is 10.0 Å². The van der Waals surface area contributed by atoms with Crippen LogP contribution in [0.2, 0.25) is 0 Å². The third-order valence-electron chi connectivity index (χ3n) is 3.05. The Morgan fingerprint density at radius 3 is 2.70 bits per heavy atom. The molecule has 2 aromatic rings. The van der Waals surface area contributed by atoms with Gasteiger partial charge in [-0.25, -0.2) is 9.78 Å². The second kappa shape index (κ2) is 7.73. The zero-order chi connectivity index (χ0) is 16.8. The summed E-state index contributed by atoms with van der Waals surface area (Å²) in [7, 11) is 1.53. The van der Waals surface area contributed by atoms with E-state index in [4.69, 9.17) is 5.11 Å². The van der Waals surface area contributed by atoms with Crippen LogP contribution in [0.15, 0.2) is 28.7 Å². The fraction of sp³-hybridized carbons (Fsp3) is 0.286. The molecule has 0 aliphatic heterocycles. The number of nitrogens with one attached hydrogen (secondary N) is 2. The highest BCUT2D eigenvalue weighted by Gasteiger charge is 2.11. The van der Waals surface area contributed by atoms with Crippen molar-refractivity contribution in [3.05, 3.63) is 34.6 Å². The molecule has 0 fully saturated rings. The summed E-state index contributed by atoms with van der Waals surface area (Å²) in [5, 5.41) is 18.1. The maximum absolute atomic E-state index is 11.8. The lowest BCUT2D eigenvalue weighted by Gasteiger charge is -2.16. The maximum atomic E-state index is 11.8. The Bertz CT molecular complexity index is 686. The highest BCUT2D eigenvalue weighted by molar-refractivity contribution is 9.10. The molecular formula is C14H16BrN5O3. The number of carbonyl (C=O) groups excluding carboxylic acids is 1. The van der Waals surface area contributed by atoms with Crippen LogP contribution >= 0.6 is 15.9 Å². The van der Waals surface area contributed by atoms with E-state index in [2.05, 4.69) is 36.4 Å². The number of amides is 2. The fourth-order valence-corrected chi connectivity index (χ4v) is 2.03. The summed E-state index contributed by atoms with van der Waals surface area (Å²) >= 11 is 3.36. The number of carbonyl (C=O) groups is 2. The molecule has 3 N–H and O–H groups in total. The van der Waals surface area contributed by atoms with Crippen LogP contribution in [0, 0.1) is 0 Å². The lowest BCUT2D eigenvalue weighted by atomic mass is 10.2. The molecule has 2 rings (SSSR count). The van der Waals surface area contributed by atoms with Crippen molar-refractivity contribution in [1.29, 1.82) is 0 Å². The van der Waals surface area contributed by atoms with Crippen LogP contribution in [0.5, 0.6) is 0 Å². The third-order valence-corrected chi connectivity index (χ3v) is 3.58. The van der Waals surface area contributed by atoms with Gasteiger partial charge in [0.25, 0.3) is 0 Å². The largest absolute Gasteiger partial charge is 0.481 e. The monoisotopic (exact) mass is 381 g/mol. The van der Waals surface area contributed by atoms with Crippen LogP contribution in [0.1, 0.15) is 12.2 Å². The van der Waals surface area contributed by atoms with Crippen LogP contribution in [-0.4, -0.2) is 50.8 Å². The number of aromatic nitrogens is 3. The van der Waals surface area contributed by atoms with Crippen LogP contribution in [0.3, 0.4) is 0 Å². The minimum atomic E-state index is -0.945. The first-order valence-electron chi connectivity index (χ1n) is 6.83. The van der Waals surface area contributed by atoms with Crippen molar-refractivity contribution >= 4 is 27.9 Å². The van der Waals surface area contributed by atoms with E-state index in [1.54, 1.807) is 0 Å². The number of H-pyrrole nitrogens is 1. The summed E-state index contributed by atoms with van der Waals surface area (Å²) in [6.07, 6.45) is -0.0973. The normalized spacial score (nSPS) is 10.3. The Labute approximate surface area is 141 Å². The second-order valence-corrected chi connectivity index (χ2v) is 5.75. The molecular weight excluding hydrogens is 366 g/mol. The molecule has 1 aromatic carbocycles. The molecule has 122 valence electrons. The average molecular weight is 382 g/mol.